The minimum Gasteiger partial charge on any atom is -0.436 e. The lowest BCUT2D eigenvalue weighted by molar-refractivity contribution is 0.621. The third-order valence-corrected chi connectivity index (χ3v) is 12.6. The number of hydrogen-bond donors (Lipinski definition) is 0. The predicted molar refractivity (Wildman–Crippen MR) is 242 cm³/mol. The molecule has 12 rings (SSSR count). The van der Waals surface area contributed by atoms with Crippen molar-refractivity contribution in [1.82, 2.24) is 4.98 Å². The first-order valence-corrected chi connectivity index (χ1v) is 20.1. The van der Waals surface area contributed by atoms with Crippen LogP contribution in [0.4, 0.5) is 17.1 Å². The van der Waals surface area contributed by atoms with Crippen molar-refractivity contribution >= 4 is 103 Å². The van der Waals surface area contributed by atoms with Crippen LogP contribution >= 0.6 is 11.3 Å². The van der Waals surface area contributed by atoms with Crippen LogP contribution in [0.25, 0.3) is 96.9 Å². The minimum absolute atomic E-state index is 0.644. The van der Waals surface area contributed by atoms with Crippen molar-refractivity contribution in [2.75, 3.05) is 4.90 Å². The predicted octanol–water partition coefficient (Wildman–Crippen LogP) is 15.6. The summed E-state index contributed by atoms with van der Waals surface area (Å²) in [4.78, 5) is 7.52. The summed E-state index contributed by atoms with van der Waals surface area (Å²) in [5.74, 6) is 0.644. The number of thiophene rings is 1. The van der Waals surface area contributed by atoms with Crippen LogP contribution in [0.5, 0.6) is 0 Å². The molecule has 266 valence electrons. The molecule has 10 aromatic carbocycles. The normalized spacial score (nSPS) is 11.9. The molecule has 0 amide bonds. The van der Waals surface area contributed by atoms with E-state index < -0.39 is 0 Å². The average molecular weight is 745 g/mol. The molecule has 0 aliphatic rings. The number of benzene rings is 10. The number of anilines is 3. The molecule has 0 bridgehead atoms. The molecular weight excluding hydrogens is 713 g/mol. The second-order valence-corrected chi connectivity index (χ2v) is 15.8. The monoisotopic (exact) mass is 744 g/mol. The smallest absolute Gasteiger partial charge is 0.228 e. The second-order valence-electron chi connectivity index (χ2n) is 14.7. The largest absolute Gasteiger partial charge is 0.436 e. The van der Waals surface area contributed by atoms with Gasteiger partial charge in [-0.2, -0.15) is 0 Å². The second kappa shape index (κ2) is 12.6. The summed E-state index contributed by atoms with van der Waals surface area (Å²) in [6, 6.07) is 69.9. The zero-order valence-corrected chi connectivity index (χ0v) is 31.5. The van der Waals surface area contributed by atoms with Gasteiger partial charge in [-0.3, -0.25) is 0 Å². The van der Waals surface area contributed by atoms with Crippen molar-refractivity contribution < 1.29 is 4.42 Å². The molecule has 0 aliphatic carbocycles. The Bertz CT molecular complexity index is 3540. The first-order valence-electron chi connectivity index (χ1n) is 19.3. The summed E-state index contributed by atoms with van der Waals surface area (Å²) >= 11 is 1.81. The van der Waals surface area contributed by atoms with Crippen LogP contribution in [0.1, 0.15) is 0 Å². The fourth-order valence-electron chi connectivity index (χ4n) is 8.82. The summed E-state index contributed by atoms with van der Waals surface area (Å²) in [7, 11) is 0. The molecule has 0 atom stereocenters. The number of hydrogen-bond acceptors (Lipinski definition) is 4. The van der Waals surface area contributed by atoms with E-state index in [4.69, 9.17) is 9.40 Å². The first-order chi connectivity index (χ1) is 28.2. The Balaban J connectivity index is 1.05. The van der Waals surface area contributed by atoms with Crippen molar-refractivity contribution in [3.8, 4) is 22.6 Å². The highest BCUT2D eigenvalue weighted by Gasteiger charge is 2.21. The molecule has 0 saturated carbocycles. The molecule has 0 spiro atoms. The van der Waals surface area contributed by atoms with Crippen LogP contribution < -0.4 is 4.90 Å². The highest BCUT2D eigenvalue weighted by molar-refractivity contribution is 7.26. The van der Waals surface area contributed by atoms with Crippen LogP contribution in [-0.2, 0) is 0 Å². The Morgan fingerprint density at radius 1 is 0.421 bits per heavy atom. The minimum atomic E-state index is 0.644. The van der Waals surface area contributed by atoms with Gasteiger partial charge in [-0.25, -0.2) is 4.98 Å². The Labute approximate surface area is 332 Å². The lowest BCUT2D eigenvalue weighted by Gasteiger charge is -2.28. The van der Waals surface area contributed by atoms with Gasteiger partial charge in [0.05, 0.1) is 5.69 Å². The summed E-state index contributed by atoms with van der Waals surface area (Å²) in [5.41, 5.74) is 8.37. The molecule has 0 aliphatic heterocycles. The average Bonchev–Trinajstić information content (AvgIpc) is 3.89. The van der Waals surface area contributed by atoms with Gasteiger partial charge < -0.3 is 9.32 Å². The van der Waals surface area contributed by atoms with E-state index in [9.17, 15) is 0 Å². The Morgan fingerprint density at radius 3 is 1.91 bits per heavy atom. The molecule has 0 saturated heterocycles. The van der Waals surface area contributed by atoms with Crippen molar-refractivity contribution in [1.29, 1.82) is 0 Å². The molecule has 57 heavy (non-hydrogen) atoms. The molecule has 0 N–H and O–H groups in total. The van der Waals surface area contributed by atoms with Gasteiger partial charge in [0.25, 0.3) is 0 Å². The van der Waals surface area contributed by atoms with Gasteiger partial charge in [0.15, 0.2) is 5.58 Å². The van der Waals surface area contributed by atoms with Gasteiger partial charge in [-0.1, -0.05) is 146 Å². The molecular formula is C53H32N2OS. The van der Waals surface area contributed by atoms with Crippen molar-refractivity contribution in [3.63, 3.8) is 0 Å². The summed E-state index contributed by atoms with van der Waals surface area (Å²) in [6.07, 6.45) is 0. The molecule has 12 aromatic rings. The number of aromatic nitrogens is 1. The zero-order valence-electron chi connectivity index (χ0n) is 30.7. The summed E-state index contributed by atoms with van der Waals surface area (Å²) in [5, 5.41) is 12.2. The molecule has 0 unspecified atom stereocenters. The van der Waals surface area contributed by atoms with Crippen molar-refractivity contribution in [2.24, 2.45) is 0 Å². The highest BCUT2D eigenvalue weighted by Crippen LogP contribution is 2.46. The van der Waals surface area contributed by atoms with Gasteiger partial charge in [-0.05, 0) is 91.8 Å². The fraction of sp³-hybridized carbons (Fsp3) is 0. The highest BCUT2D eigenvalue weighted by atomic mass is 32.1. The molecule has 2 aromatic heterocycles. The number of fused-ring (bicyclic) bond motifs is 11. The van der Waals surface area contributed by atoms with E-state index in [1.165, 1.54) is 63.6 Å². The van der Waals surface area contributed by atoms with E-state index in [1.807, 2.05) is 17.4 Å². The maximum absolute atomic E-state index is 6.49. The standard InChI is InChI=1S/C53H32N2OS/c1-2-11-33(12-3-1)41-16-8-9-19-47(41)55(37-24-28-40-36(31-37)22-27-43-39-15-6-4-13-34(39)21-26-44(40)43)38-25-29-45-50(32-38)57-49-20-10-18-46(51(45)49)53-54-52-42-17-7-5-14-35(42)23-30-48(52)56-53/h1-32H. The molecule has 0 radical (unpaired) electrons. The summed E-state index contributed by atoms with van der Waals surface area (Å²) in [6.45, 7) is 0. The SMILES string of the molecule is c1ccc(-c2ccccc2N(c2ccc3c(ccc4c5ccccc5ccc34)c2)c2ccc3c(c2)sc2cccc(-c4nc5c(ccc6ccccc65)o4)c23)cc1. The van der Waals surface area contributed by atoms with Gasteiger partial charge >= 0.3 is 0 Å². The van der Waals surface area contributed by atoms with E-state index in [2.05, 4.69) is 193 Å². The molecule has 2 heterocycles. The topological polar surface area (TPSA) is 29.3 Å². The van der Waals surface area contributed by atoms with Crippen LogP contribution in [0.15, 0.2) is 199 Å². The van der Waals surface area contributed by atoms with Gasteiger partial charge in [0, 0.05) is 48.1 Å². The van der Waals surface area contributed by atoms with Crippen LogP contribution in [-0.4, -0.2) is 4.98 Å². The number of oxazole rings is 1. The lowest BCUT2D eigenvalue weighted by atomic mass is 9.96. The quantitative estimate of drug-likeness (QED) is 0.164. The fourth-order valence-corrected chi connectivity index (χ4v) is 9.99. The van der Waals surface area contributed by atoms with E-state index in [1.54, 1.807) is 0 Å². The zero-order chi connectivity index (χ0) is 37.5. The maximum Gasteiger partial charge on any atom is 0.228 e. The summed E-state index contributed by atoms with van der Waals surface area (Å²) < 4.78 is 8.90. The molecule has 4 heteroatoms. The Hall–Kier alpha value is -7.27. The molecule has 0 fully saturated rings. The third-order valence-electron chi connectivity index (χ3n) is 11.5. The van der Waals surface area contributed by atoms with Crippen molar-refractivity contribution in [2.45, 2.75) is 0 Å². The van der Waals surface area contributed by atoms with Crippen LogP contribution in [0, 0.1) is 0 Å². The number of nitrogens with zero attached hydrogens (tertiary/aromatic N) is 2. The number of para-hydroxylation sites is 1. The number of rotatable bonds is 5. The Morgan fingerprint density at radius 2 is 1.05 bits per heavy atom. The molecule has 3 nitrogen and oxygen atoms in total. The van der Waals surface area contributed by atoms with E-state index in [0.29, 0.717) is 5.89 Å². The van der Waals surface area contributed by atoms with E-state index in [0.717, 1.165) is 44.5 Å². The maximum atomic E-state index is 6.49. The van der Waals surface area contributed by atoms with Crippen LogP contribution in [0.2, 0.25) is 0 Å². The van der Waals surface area contributed by atoms with Crippen molar-refractivity contribution in [3.05, 3.63) is 194 Å². The Kier molecular flexibility index (Phi) is 7.10. The van der Waals surface area contributed by atoms with E-state index in [-0.39, 0.29) is 0 Å². The van der Waals surface area contributed by atoms with Gasteiger partial charge in [-0.15, -0.1) is 11.3 Å². The lowest BCUT2D eigenvalue weighted by Crippen LogP contribution is -2.11. The van der Waals surface area contributed by atoms with E-state index >= 15 is 0 Å². The van der Waals surface area contributed by atoms with Crippen LogP contribution in [0.3, 0.4) is 0 Å². The van der Waals surface area contributed by atoms with Gasteiger partial charge in [0.1, 0.15) is 5.52 Å². The van der Waals surface area contributed by atoms with Gasteiger partial charge in [0.2, 0.25) is 5.89 Å². The first kappa shape index (κ1) is 32.0. The third kappa shape index (κ3) is 5.08.